The van der Waals surface area contributed by atoms with Crippen LogP contribution >= 0.6 is 0 Å². The summed E-state index contributed by atoms with van der Waals surface area (Å²) < 4.78 is 40.8. The van der Waals surface area contributed by atoms with Gasteiger partial charge in [0.25, 0.3) is 0 Å². The number of rotatable bonds is 6. The SMILES string of the molecule is CC(C)N1CCN(c2ccc(N3C=NN(Cc4ccc(OC(F)(F)F)cc4)C3O)cc2)CC1. The highest BCUT2D eigenvalue weighted by atomic mass is 19.4. The van der Waals surface area contributed by atoms with E-state index in [9.17, 15) is 18.3 Å². The van der Waals surface area contributed by atoms with E-state index < -0.39 is 12.7 Å². The summed E-state index contributed by atoms with van der Waals surface area (Å²) in [6.45, 7) is 8.70. The Kier molecular flexibility index (Phi) is 6.66. The van der Waals surface area contributed by atoms with Gasteiger partial charge in [0.1, 0.15) is 12.1 Å². The topological polar surface area (TPSA) is 54.8 Å². The van der Waals surface area contributed by atoms with E-state index >= 15 is 0 Å². The molecule has 1 atom stereocenters. The molecule has 0 aliphatic carbocycles. The number of halogens is 3. The van der Waals surface area contributed by atoms with E-state index in [1.54, 1.807) is 11.2 Å². The summed E-state index contributed by atoms with van der Waals surface area (Å²) in [7, 11) is 0. The molecule has 0 aromatic heterocycles. The van der Waals surface area contributed by atoms with Crippen LogP contribution in [0.2, 0.25) is 0 Å². The van der Waals surface area contributed by atoms with E-state index in [4.69, 9.17) is 0 Å². The van der Waals surface area contributed by atoms with Crippen molar-refractivity contribution in [3.05, 3.63) is 54.1 Å². The Balaban J connectivity index is 1.33. The highest BCUT2D eigenvalue weighted by Crippen LogP contribution is 2.27. The predicted molar refractivity (Wildman–Crippen MR) is 121 cm³/mol. The first-order valence-corrected chi connectivity index (χ1v) is 10.9. The van der Waals surface area contributed by atoms with Crippen molar-refractivity contribution in [2.45, 2.75) is 39.1 Å². The summed E-state index contributed by atoms with van der Waals surface area (Å²) in [5.41, 5.74) is 2.64. The average molecular weight is 464 g/mol. The van der Waals surface area contributed by atoms with Crippen molar-refractivity contribution in [2.75, 3.05) is 36.0 Å². The number of alkyl halides is 3. The van der Waals surface area contributed by atoms with E-state index in [0.717, 1.165) is 37.6 Å². The van der Waals surface area contributed by atoms with Crippen LogP contribution in [0, 0.1) is 0 Å². The van der Waals surface area contributed by atoms with Crippen molar-refractivity contribution in [3.8, 4) is 5.75 Å². The van der Waals surface area contributed by atoms with Gasteiger partial charge in [-0.3, -0.25) is 9.80 Å². The number of piperazine rings is 1. The number of hydrogen-bond donors (Lipinski definition) is 1. The molecular formula is C23H28F3N5O2. The molecule has 1 N–H and O–H groups in total. The highest BCUT2D eigenvalue weighted by molar-refractivity contribution is 5.81. The van der Waals surface area contributed by atoms with Gasteiger partial charge in [0.2, 0.25) is 6.35 Å². The number of hydrazone groups is 1. The predicted octanol–water partition coefficient (Wildman–Crippen LogP) is 3.66. The Bertz CT molecular complexity index is 942. The molecule has 0 amide bonds. The average Bonchev–Trinajstić information content (AvgIpc) is 3.14. The summed E-state index contributed by atoms with van der Waals surface area (Å²) in [6.07, 6.45) is -4.20. The second-order valence-corrected chi connectivity index (χ2v) is 8.41. The highest BCUT2D eigenvalue weighted by Gasteiger charge is 2.31. The fraction of sp³-hybridized carbons (Fsp3) is 0.435. The maximum absolute atomic E-state index is 12.3. The van der Waals surface area contributed by atoms with Crippen LogP contribution in [0.5, 0.6) is 5.75 Å². The van der Waals surface area contributed by atoms with Crippen molar-refractivity contribution in [3.63, 3.8) is 0 Å². The molecule has 2 aliphatic heterocycles. The Labute approximate surface area is 191 Å². The molecule has 178 valence electrons. The largest absolute Gasteiger partial charge is 0.573 e. The zero-order valence-corrected chi connectivity index (χ0v) is 18.6. The van der Waals surface area contributed by atoms with Crippen molar-refractivity contribution in [1.82, 2.24) is 9.91 Å². The molecule has 2 aliphatic rings. The van der Waals surface area contributed by atoms with Crippen LogP contribution in [-0.4, -0.2) is 66.3 Å². The van der Waals surface area contributed by atoms with Gasteiger partial charge in [0.15, 0.2) is 0 Å². The van der Waals surface area contributed by atoms with Gasteiger partial charge in [0.05, 0.1) is 6.54 Å². The Morgan fingerprint density at radius 2 is 1.58 bits per heavy atom. The Morgan fingerprint density at radius 3 is 2.15 bits per heavy atom. The van der Waals surface area contributed by atoms with Gasteiger partial charge >= 0.3 is 6.36 Å². The lowest BCUT2D eigenvalue weighted by Gasteiger charge is -2.38. The molecule has 33 heavy (non-hydrogen) atoms. The second kappa shape index (κ2) is 9.48. The van der Waals surface area contributed by atoms with Crippen LogP contribution in [-0.2, 0) is 6.54 Å². The van der Waals surface area contributed by atoms with Crippen molar-refractivity contribution < 1.29 is 23.0 Å². The monoisotopic (exact) mass is 463 g/mol. The van der Waals surface area contributed by atoms with Gasteiger partial charge in [-0.15, -0.1) is 13.2 Å². The first-order chi connectivity index (χ1) is 15.7. The number of nitrogens with zero attached hydrogens (tertiary/aromatic N) is 5. The summed E-state index contributed by atoms with van der Waals surface area (Å²) in [5, 5.41) is 16.4. The molecule has 1 unspecified atom stereocenters. The molecule has 10 heteroatoms. The first-order valence-electron chi connectivity index (χ1n) is 10.9. The van der Waals surface area contributed by atoms with Crippen LogP contribution in [0.1, 0.15) is 19.4 Å². The van der Waals surface area contributed by atoms with Crippen molar-refractivity contribution in [2.24, 2.45) is 5.10 Å². The van der Waals surface area contributed by atoms with Crippen LogP contribution in [0.4, 0.5) is 24.5 Å². The van der Waals surface area contributed by atoms with E-state index in [1.807, 2.05) is 24.3 Å². The Hall–Kier alpha value is -2.98. The lowest BCUT2D eigenvalue weighted by atomic mass is 10.2. The van der Waals surface area contributed by atoms with Crippen LogP contribution < -0.4 is 14.5 Å². The molecular weight excluding hydrogens is 435 g/mol. The van der Waals surface area contributed by atoms with Crippen LogP contribution in [0.3, 0.4) is 0 Å². The number of ether oxygens (including phenoxy) is 1. The summed E-state index contributed by atoms with van der Waals surface area (Å²) in [5.74, 6) is -0.288. The molecule has 0 spiro atoms. The fourth-order valence-corrected chi connectivity index (χ4v) is 4.02. The molecule has 0 bridgehead atoms. The van der Waals surface area contributed by atoms with Crippen molar-refractivity contribution in [1.29, 1.82) is 0 Å². The smallest absolute Gasteiger partial charge is 0.406 e. The fourth-order valence-electron chi connectivity index (χ4n) is 4.02. The minimum absolute atomic E-state index is 0.235. The first kappa shape index (κ1) is 23.2. The molecule has 0 saturated carbocycles. The molecule has 2 aromatic carbocycles. The number of hydrogen-bond acceptors (Lipinski definition) is 7. The van der Waals surface area contributed by atoms with Gasteiger partial charge in [0, 0.05) is 43.6 Å². The molecule has 0 radical (unpaired) electrons. The van der Waals surface area contributed by atoms with Gasteiger partial charge in [-0.2, -0.15) is 5.10 Å². The van der Waals surface area contributed by atoms with E-state index in [1.165, 1.54) is 29.3 Å². The molecule has 4 rings (SSSR count). The number of anilines is 2. The van der Waals surface area contributed by atoms with Gasteiger partial charge in [-0.25, -0.2) is 5.01 Å². The molecule has 1 fully saturated rings. The zero-order chi connectivity index (χ0) is 23.6. The van der Waals surface area contributed by atoms with E-state index in [2.05, 4.69) is 33.5 Å². The lowest BCUT2D eigenvalue weighted by molar-refractivity contribution is -0.274. The maximum Gasteiger partial charge on any atom is 0.573 e. The molecule has 1 saturated heterocycles. The standard InChI is InChI=1S/C23H28F3N5O2/c1-17(2)28-11-13-29(14-12-28)19-5-7-20(8-6-19)30-16-27-31(22(30)32)15-18-3-9-21(10-4-18)33-23(24,25)26/h3-10,16-17,22,32H,11-15H2,1-2H3. The molecule has 2 heterocycles. The third-order valence-corrected chi connectivity index (χ3v) is 5.90. The van der Waals surface area contributed by atoms with Gasteiger partial charge in [-0.05, 0) is 55.8 Å². The van der Waals surface area contributed by atoms with E-state index in [-0.39, 0.29) is 12.3 Å². The number of benzene rings is 2. The van der Waals surface area contributed by atoms with Gasteiger partial charge < -0.3 is 14.7 Å². The van der Waals surface area contributed by atoms with E-state index in [0.29, 0.717) is 11.6 Å². The quantitative estimate of drug-likeness (QED) is 0.706. The third kappa shape index (κ3) is 5.69. The maximum atomic E-state index is 12.3. The molecule has 2 aromatic rings. The van der Waals surface area contributed by atoms with Crippen LogP contribution in [0.15, 0.2) is 53.6 Å². The molecule has 7 nitrogen and oxygen atoms in total. The number of aliphatic hydroxyl groups is 1. The number of aliphatic hydroxyl groups excluding tert-OH is 1. The second-order valence-electron chi connectivity index (χ2n) is 8.41. The van der Waals surface area contributed by atoms with Crippen molar-refractivity contribution >= 4 is 17.7 Å². The minimum Gasteiger partial charge on any atom is -0.406 e. The lowest BCUT2D eigenvalue weighted by Crippen LogP contribution is -2.48. The summed E-state index contributed by atoms with van der Waals surface area (Å²) in [4.78, 5) is 6.46. The minimum atomic E-state index is -4.73. The zero-order valence-electron chi connectivity index (χ0n) is 18.6. The summed E-state index contributed by atoms with van der Waals surface area (Å²) >= 11 is 0. The van der Waals surface area contributed by atoms with Crippen LogP contribution in [0.25, 0.3) is 0 Å². The van der Waals surface area contributed by atoms with Gasteiger partial charge in [-0.1, -0.05) is 12.1 Å². The Morgan fingerprint density at radius 1 is 0.970 bits per heavy atom. The summed E-state index contributed by atoms with van der Waals surface area (Å²) in [6, 6.07) is 14.1. The third-order valence-electron chi connectivity index (χ3n) is 5.90. The normalized spacial score (nSPS) is 19.6.